The van der Waals surface area contributed by atoms with E-state index in [1.54, 1.807) is 0 Å². The van der Waals surface area contributed by atoms with Crippen LogP contribution in [-0.4, -0.2) is 0 Å². The summed E-state index contributed by atoms with van der Waals surface area (Å²) in [4.78, 5) is 0. The molecule has 3 heteroatoms. The predicted octanol–water partition coefficient (Wildman–Crippen LogP) is 6.93. The van der Waals surface area contributed by atoms with Crippen molar-refractivity contribution < 1.29 is 25.8 Å². The average Bonchev–Trinajstić information content (AvgIpc) is 2.89. The zero-order valence-corrected chi connectivity index (χ0v) is 19.9. The summed E-state index contributed by atoms with van der Waals surface area (Å²) >= 11 is 0. The monoisotopic (exact) mass is 527 g/mol. The minimum Gasteiger partial charge on any atom is -0.164 e. The molecule has 0 atom stereocenters. The first kappa shape index (κ1) is 23.5. The predicted molar refractivity (Wildman–Crippen MR) is 108 cm³/mol. The van der Waals surface area contributed by atoms with Crippen LogP contribution in [0.4, 0.5) is 0 Å². The van der Waals surface area contributed by atoms with Gasteiger partial charge in [0.25, 0.3) is 0 Å². The molecule has 128 valence electrons. The summed E-state index contributed by atoms with van der Waals surface area (Å²) in [6, 6.07) is 20.3. The molecule has 0 bridgehead atoms. The van der Waals surface area contributed by atoms with Gasteiger partial charge in [0, 0.05) is 25.8 Å². The first-order valence-corrected chi connectivity index (χ1v) is 7.78. The van der Waals surface area contributed by atoms with Gasteiger partial charge in [-0.05, 0) is 23.0 Å². The summed E-state index contributed by atoms with van der Waals surface area (Å²) in [6.07, 6.45) is 1.09. The minimum atomic E-state index is 0. The molecular weight excluding hydrogens is 502 g/mol. The average molecular weight is 527 g/mol. The topological polar surface area (TPSA) is 0 Å². The van der Waals surface area contributed by atoms with Crippen LogP contribution in [-0.2, 0) is 37.7 Å². The Kier molecular flexibility index (Phi) is 9.07. The molecule has 0 heterocycles. The number of hydrogen-bond donors (Lipinski definition) is 0. The molecule has 0 aliphatic rings. The van der Waals surface area contributed by atoms with E-state index >= 15 is 0 Å². The Balaban J connectivity index is 0.00000176. The Hall–Kier alpha value is -0.500. The molecule has 0 fully saturated rings. The quantitative estimate of drug-likeness (QED) is 0.251. The fraction of sp³-hybridized carbons (Fsp3) is 0.286. The van der Waals surface area contributed by atoms with E-state index in [2.05, 4.69) is 82.3 Å². The number of hydrogen-bond acceptors (Lipinski definition) is 0. The van der Waals surface area contributed by atoms with Gasteiger partial charge in [0.2, 0.25) is 0 Å². The van der Waals surface area contributed by atoms with E-state index in [4.69, 9.17) is 0 Å². The second-order valence-electron chi connectivity index (χ2n) is 6.85. The normalized spacial score (nSPS) is 10.5. The number of benzene rings is 2. The standard InChI is InChI=1S/C21H23.2ClH.Hf/c1-5-15-13-17-7-6-8-19(20(17)14-15)16-9-11-18(12-10-16)21(2,3)4;;;/h6-14H,5H2,1-4H3;2*1H;/q-1;;;. The summed E-state index contributed by atoms with van der Waals surface area (Å²) in [7, 11) is 0. The SMILES string of the molecule is CCc1cc2c(-c3ccc(C(C)(C)C)cc3)cccc2[cH-]1.Cl.Cl.[Hf]. The largest absolute Gasteiger partial charge is 0.164 e. The van der Waals surface area contributed by atoms with Crippen molar-refractivity contribution in [2.75, 3.05) is 0 Å². The fourth-order valence-corrected chi connectivity index (χ4v) is 2.90. The molecule has 0 radical (unpaired) electrons. The molecule has 0 saturated carbocycles. The first-order chi connectivity index (χ1) is 9.99. The van der Waals surface area contributed by atoms with Crippen molar-refractivity contribution in [2.45, 2.75) is 39.5 Å². The van der Waals surface area contributed by atoms with Crippen LogP contribution in [0.15, 0.2) is 54.6 Å². The molecule has 3 rings (SSSR count). The molecule has 0 unspecified atom stereocenters. The Labute approximate surface area is 177 Å². The van der Waals surface area contributed by atoms with Gasteiger partial charge in [0.15, 0.2) is 0 Å². The van der Waals surface area contributed by atoms with Gasteiger partial charge in [-0.2, -0.15) is 6.07 Å². The summed E-state index contributed by atoms with van der Waals surface area (Å²) in [5.41, 5.74) is 5.66. The van der Waals surface area contributed by atoms with Gasteiger partial charge in [-0.1, -0.05) is 63.6 Å². The molecule has 0 amide bonds. The molecule has 3 aromatic rings. The van der Waals surface area contributed by atoms with Crippen LogP contribution in [0, 0.1) is 0 Å². The van der Waals surface area contributed by atoms with Crippen LogP contribution in [0.5, 0.6) is 0 Å². The fourth-order valence-electron chi connectivity index (χ4n) is 2.90. The van der Waals surface area contributed by atoms with Gasteiger partial charge in [-0.15, -0.1) is 59.3 Å². The molecule has 24 heavy (non-hydrogen) atoms. The molecular formula is C21H25Cl2Hf-. The molecule has 0 saturated heterocycles. The summed E-state index contributed by atoms with van der Waals surface area (Å²) in [6.45, 7) is 8.99. The maximum atomic E-state index is 2.34. The van der Waals surface area contributed by atoms with Crippen LogP contribution in [0.2, 0.25) is 0 Å². The number of halogens is 2. The van der Waals surface area contributed by atoms with E-state index in [0.717, 1.165) is 6.42 Å². The van der Waals surface area contributed by atoms with Crippen LogP contribution >= 0.6 is 24.8 Å². The van der Waals surface area contributed by atoms with Gasteiger partial charge < -0.3 is 0 Å². The molecule has 0 nitrogen and oxygen atoms in total. The minimum absolute atomic E-state index is 0. The zero-order chi connectivity index (χ0) is 15.0. The first-order valence-electron chi connectivity index (χ1n) is 7.78. The zero-order valence-electron chi connectivity index (χ0n) is 14.7. The second kappa shape index (κ2) is 9.27. The van der Waals surface area contributed by atoms with Gasteiger partial charge in [0.05, 0.1) is 0 Å². The summed E-state index contributed by atoms with van der Waals surface area (Å²) < 4.78 is 0. The van der Waals surface area contributed by atoms with E-state index in [0.29, 0.717) is 0 Å². The van der Waals surface area contributed by atoms with Crippen LogP contribution in [0.25, 0.3) is 21.9 Å². The van der Waals surface area contributed by atoms with E-state index in [1.807, 2.05) is 0 Å². The smallest absolute Gasteiger partial charge is 0 e. The van der Waals surface area contributed by atoms with E-state index in [-0.39, 0.29) is 56.1 Å². The second-order valence-corrected chi connectivity index (χ2v) is 6.85. The molecule has 0 spiro atoms. The number of fused-ring (bicyclic) bond motifs is 1. The summed E-state index contributed by atoms with van der Waals surface area (Å²) in [5, 5.41) is 2.72. The van der Waals surface area contributed by atoms with Crippen molar-refractivity contribution in [2.24, 2.45) is 0 Å². The Morgan fingerprint density at radius 1 is 0.917 bits per heavy atom. The van der Waals surface area contributed by atoms with Gasteiger partial charge in [-0.25, -0.2) is 0 Å². The van der Waals surface area contributed by atoms with E-state index < -0.39 is 0 Å². The third-order valence-corrected chi connectivity index (χ3v) is 4.28. The Morgan fingerprint density at radius 2 is 1.54 bits per heavy atom. The van der Waals surface area contributed by atoms with Crippen molar-refractivity contribution in [3.8, 4) is 11.1 Å². The van der Waals surface area contributed by atoms with Crippen molar-refractivity contribution in [1.29, 1.82) is 0 Å². The molecule has 0 aliphatic heterocycles. The number of rotatable bonds is 2. The van der Waals surface area contributed by atoms with Gasteiger partial charge >= 0.3 is 0 Å². The van der Waals surface area contributed by atoms with E-state index in [1.165, 1.54) is 33.0 Å². The van der Waals surface area contributed by atoms with E-state index in [9.17, 15) is 0 Å². The molecule has 0 aliphatic carbocycles. The maximum Gasteiger partial charge on any atom is 0 e. The molecule has 3 aromatic carbocycles. The van der Waals surface area contributed by atoms with Crippen molar-refractivity contribution in [3.05, 3.63) is 65.7 Å². The van der Waals surface area contributed by atoms with Crippen LogP contribution < -0.4 is 0 Å². The van der Waals surface area contributed by atoms with Crippen LogP contribution in [0.3, 0.4) is 0 Å². The molecule has 0 aromatic heterocycles. The van der Waals surface area contributed by atoms with Crippen molar-refractivity contribution >= 4 is 35.6 Å². The van der Waals surface area contributed by atoms with Crippen molar-refractivity contribution in [3.63, 3.8) is 0 Å². The number of aryl methyl sites for hydroxylation is 1. The Morgan fingerprint density at radius 3 is 2.08 bits per heavy atom. The third-order valence-electron chi connectivity index (χ3n) is 4.28. The van der Waals surface area contributed by atoms with Crippen LogP contribution in [0.1, 0.15) is 38.8 Å². The van der Waals surface area contributed by atoms with Gasteiger partial charge in [-0.3, -0.25) is 0 Å². The molecule has 0 N–H and O–H groups in total. The summed E-state index contributed by atoms with van der Waals surface area (Å²) in [5.74, 6) is 0. The van der Waals surface area contributed by atoms with Gasteiger partial charge in [0.1, 0.15) is 0 Å². The maximum absolute atomic E-state index is 2.34. The van der Waals surface area contributed by atoms with Crippen molar-refractivity contribution in [1.82, 2.24) is 0 Å². The Bertz CT molecular complexity index is 765. The third kappa shape index (κ3) is 4.77.